The number of esters is 1. The number of carbonyl (C=O) groups is 2. The highest BCUT2D eigenvalue weighted by Crippen LogP contribution is 2.31. The number of hydrogen-bond donors (Lipinski definition) is 2. The molecule has 1 aliphatic rings. The van der Waals surface area contributed by atoms with Crippen LogP contribution in [0.1, 0.15) is 45.6 Å². The van der Waals surface area contributed by atoms with Crippen LogP contribution in [0.2, 0.25) is 0 Å². The highest BCUT2D eigenvalue weighted by atomic mass is 16.5. The topological polar surface area (TPSA) is 81.4 Å². The molecule has 1 aromatic rings. The molecule has 5 heteroatoms. The van der Waals surface area contributed by atoms with Crippen molar-refractivity contribution in [2.75, 3.05) is 0 Å². The van der Waals surface area contributed by atoms with Crippen LogP contribution in [0.15, 0.2) is 30.3 Å². The second-order valence-corrected chi connectivity index (χ2v) is 7.22. The molecule has 1 saturated carbocycles. The van der Waals surface area contributed by atoms with E-state index in [2.05, 4.69) is 5.32 Å². The van der Waals surface area contributed by atoms with Crippen molar-refractivity contribution in [1.29, 1.82) is 0 Å². The predicted molar refractivity (Wildman–Crippen MR) is 88.4 cm³/mol. The zero-order valence-electron chi connectivity index (χ0n) is 14.1. The van der Waals surface area contributed by atoms with Gasteiger partial charge >= 0.3 is 5.97 Å². The minimum atomic E-state index is -1.71. The third kappa shape index (κ3) is 3.72. The quantitative estimate of drug-likeness (QED) is 0.644. The van der Waals surface area contributed by atoms with Crippen LogP contribution in [0.25, 0.3) is 0 Å². The molecule has 2 rings (SSSR count). The number of hydrogen-bond acceptors (Lipinski definition) is 4. The van der Waals surface area contributed by atoms with Crippen LogP contribution in [0.3, 0.4) is 0 Å². The normalized spacial score (nSPS) is 17.7. The van der Waals surface area contributed by atoms with E-state index in [1.54, 1.807) is 20.8 Å². The van der Waals surface area contributed by atoms with Gasteiger partial charge in [0, 0.05) is 6.04 Å². The number of carbonyl (C=O) groups excluding carboxylic acids is 2. The Balaban J connectivity index is 2.09. The van der Waals surface area contributed by atoms with Crippen molar-refractivity contribution in [1.82, 2.24) is 5.32 Å². The molecule has 0 radical (unpaired) electrons. The van der Waals surface area contributed by atoms with Crippen molar-refractivity contribution in [3.05, 3.63) is 35.9 Å². The van der Waals surface area contributed by atoms with Crippen molar-refractivity contribution < 1.29 is 14.3 Å². The summed E-state index contributed by atoms with van der Waals surface area (Å²) in [5.74, 6) is -1.14. The first kappa shape index (κ1) is 17.5. The van der Waals surface area contributed by atoms with Gasteiger partial charge in [0.25, 0.3) is 5.91 Å². The van der Waals surface area contributed by atoms with E-state index in [0.717, 1.165) is 24.8 Å². The Kier molecular flexibility index (Phi) is 5.09. The van der Waals surface area contributed by atoms with Crippen molar-refractivity contribution in [3.63, 3.8) is 0 Å². The summed E-state index contributed by atoms with van der Waals surface area (Å²) in [6.07, 6.45) is 2.96. The maximum absolute atomic E-state index is 12.6. The van der Waals surface area contributed by atoms with E-state index in [-0.39, 0.29) is 12.6 Å². The van der Waals surface area contributed by atoms with Gasteiger partial charge in [0.05, 0.1) is 0 Å². The standard InChI is InChI=1S/C18H26N2O3/c1-17(2,3)18(19,15(21)20-14-10-7-11-14)16(22)23-12-13-8-5-4-6-9-13/h4-6,8-9,14H,7,10-12,19H2,1-3H3,(H,20,21)/t18-/m0/s1. The van der Waals surface area contributed by atoms with E-state index in [0.29, 0.717) is 0 Å². The number of nitrogens with one attached hydrogen (secondary N) is 1. The van der Waals surface area contributed by atoms with E-state index in [4.69, 9.17) is 10.5 Å². The second kappa shape index (κ2) is 6.71. The summed E-state index contributed by atoms with van der Waals surface area (Å²) in [5, 5.41) is 2.88. The average Bonchev–Trinajstić information content (AvgIpc) is 2.47. The minimum absolute atomic E-state index is 0.103. The molecule has 23 heavy (non-hydrogen) atoms. The Morgan fingerprint density at radius 1 is 1.22 bits per heavy atom. The van der Waals surface area contributed by atoms with E-state index in [9.17, 15) is 9.59 Å². The van der Waals surface area contributed by atoms with Gasteiger partial charge in [0.15, 0.2) is 5.54 Å². The maximum atomic E-state index is 12.6. The first-order valence-electron chi connectivity index (χ1n) is 8.06. The molecular weight excluding hydrogens is 292 g/mol. The van der Waals surface area contributed by atoms with E-state index < -0.39 is 22.8 Å². The van der Waals surface area contributed by atoms with Crippen LogP contribution < -0.4 is 11.1 Å². The van der Waals surface area contributed by atoms with Crippen molar-refractivity contribution >= 4 is 11.9 Å². The van der Waals surface area contributed by atoms with Crippen LogP contribution in [-0.4, -0.2) is 23.5 Å². The fourth-order valence-corrected chi connectivity index (χ4v) is 2.43. The van der Waals surface area contributed by atoms with Crippen molar-refractivity contribution in [2.24, 2.45) is 11.1 Å². The zero-order valence-corrected chi connectivity index (χ0v) is 14.1. The number of rotatable bonds is 5. The second-order valence-electron chi connectivity index (χ2n) is 7.22. The van der Waals surface area contributed by atoms with E-state index >= 15 is 0 Å². The Morgan fingerprint density at radius 3 is 2.30 bits per heavy atom. The maximum Gasteiger partial charge on any atom is 0.336 e. The number of ether oxygens (including phenoxy) is 1. The van der Waals surface area contributed by atoms with Gasteiger partial charge in [-0.1, -0.05) is 51.1 Å². The Labute approximate surface area is 137 Å². The largest absolute Gasteiger partial charge is 0.459 e. The van der Waals surface area contributed by atoms with Crippen LogP contribution in [0.4, 0.5) is 0 Å². The van der Waals surface area contributed by atoms with Gasteiger partial charge in [0.1, 0.15) is 6.61 Å². The molecule has 0 spiro atoms. The third-order valence-corrected chi connectivity index (χ3v) is 4.52. The molecule has 0 saturated heterocycles. The van der Waals surface area contributed by atoms with Gasteiger partial charge in [0.2, 0.25) is 0 Å². The molecular formula is C18H26N2O3. The Bertz CT molecular complexity index is 561. The summed E-state index contributed by atoms with van der Waals surface area (Å²) in [6, 6.07) is 9.46. The molecule has 1 fully saturated rings. The number of benzene rings is 1. The van der Waals surface area contributed by atoms with Gasteiger partial charge in [-0.3, -0.25) is 4.79 Å². The molecule has 1 atom stereocenters. The highest BCUT2D eigenvalue weighted by Gasteiger charge is 2.53. The van der Waals surface area contributed by atoms with Gasteiger partial charge in [-0.05, 0) is 30.2 Å². The monoisotopic (exact) mass is 318 g/mol. The molecule has 126 valence electrons. The SMILES string of the molecule is CC(C)(C)[C@](N)(C(=O)NC1CCC1)C(=O)OCc1ccccc1. The number of nitrogens with two attached hydrogens (primary N) is 1. The fraction of sp³-hybridized carbons (Fsp3) is 0.556. The summed E-state index contributed by atoms with van der Waals surface area (Å²) in [5.41, 5.74) is 4.66. The highest BCUT2D eigenvalue weighted by molar-refractivity contribution is 6.08. The molecule has 0 aromatic heterocycles. The van der Waals surface area contributed by atoms with E-state index in [1.165, 1.54) is 0 Å². The summed E-state index contributed by atoms with van der Waals surface area (Å²) in [6.45, 7) is 5.43. The molecule has 5 nitrogen and oxygen atoms in total. The smallest absolute Gasteiger partial charge is 0.336 e. The van der Waals surface area contributed by atoms with Gasteiger partial charge in [-0.15, -0.1) is 0 Å². The lowest BCUT2D eigenvalue weighted by Gasteiger charge is -2.39. The molecule has 0 unspecified atom stereocenters. The molecule has 3 N–H and O–H groups in total. The Hall–Kier alpha value is -1.88. The van der Waals surface area contributed by atoms with Gasteiger partial charge in [-0.25, -0.2) is 4.79 Å². The van der Waals surface area contributed by atoms with Crippen molar-refractivity contribution in [2.45, 2.75) is 58.2 Å². The zero-order chi connectivity index (χ0) is 17.1. The first-order valence-corrected chi connectivity index (χ1v) is 8.06. The lowest BCUT2D eigenvalue weighted by molar-refractivity contribution is -0.161. The molecule has 0 bridgehead atoms. The molecule has 0 aliphatic heterocycles. The van der Waals surface area contributed by atoms with Crippen LogP contribution >= 0.6 is 0 Å². The van der Waals surface area contributed by atoms with E-state index in [1.807, 2.05) is 30.3 Å². The first-order chi connectivity index (χ1) is 10.7. The van der Waals surface area contributed by atoms with Crippen LogP contribution in [0.5, 0.6) is 0 Å². The minimum Gasteiger partial charge on any atom is -0.459 e. The molecule has 0 heterocycles. The number of amides is 1. The lowest BCUT2D eigenvalue weighted by atomic mass is 9.73. The summed E-state index contributed by atoms with van der Waals surface area (Å²) < 4.78 is 5.35. The van der Waals surface area contributed by atoms with Gasteiger partial charge in [-0.2, -0.15) is 0 Å². The lowest BCUT2D eigenvalue weighted by Crippen LogP contribution is -2.68. The average molecular weight is 318 g/mol. The van der Waals surface area contributed by atoms with Crippen LogP contribution in [-0.2, 0) is 20.9 Å². The molecule has 1 aromatic carbocycles. The third-order valence-electron chi connectivity index (χ3n) is 4.52. The molecule has 1 aliphatic carbocycles. The molecule has 1 amide bonds. The summed E-state index contributed by atoms with van der Waals surface area (Å²) >= 11 is 0. The summed E-state index contributed by atoms with van der Waals surface area (Å²) in [7, 11) is 0. The van der Waals surface area contributed by atoms with Crippen LogP contribution in [0, 0.1) is 5.41 Å². The van der Waals surface area contributed by atoms with Crippen molar-refractivity contribution in [3.8, 4) is 0 Å². The Morgan fingerprint density at radius 2 is 1.83 bits per heavy atom. The van der Waals surface area contributed by atoms with Gasteiger partial charge < -0.3 is 15.8 Å². The fourth-order valence-electron chi connectivity index (χ4n) is 2.43. The predicted octanol–water partition coefficient (Wildman–Crippen LogP) is 2.14. The summed E-state index contributed by atoms with van der Waals surface area (Å²) in [4.78, 5) is 25.2.